The van der Waals surface area contributed by atoms with Crippen LogP contribution in [0.2, 0.25) is 0 Å². The second-order valence-corrected chi connectivity index (χ2v) is 5.71. The van der Waals surface area contributed by atoms with Gasteiger partial charge in [0.05, 0.1) is 11.9 Å². The largest absolute Gasteiger partial charge is 0.393 e. The molecule has 0 amide bonds. The molecule has 1 atom stereocenters. The van der Waals surface area contributed by atoms with Crippen molar-refractivity contribution in [3.05, 3.63) is 0 Å². The summed E-state index contributed by atoms with van der Waals surface area (Å²) in [5.74, 6) is -0.547. The summed E-state index contributed by atoms with van der Waals surface area (Å²) in [5, 5.41) is 9.15. The molecule has 0 bridgehead atoms. The summed E-state index contributed by atoms with van der Waals surface area (Å²) in [6.45, 7) is 1.80. The van der Waals surface area contributed by atoms with Crippen LogP contribution in [0, 0.1) is 0 Å². The SMILES string of the molecule is CCC(O)CCNS(=O)(=O)CCCC(F)(F)F. The van der Waals surface area contributed by atoms with E-state index in [2.05, 4.69) is 4.72 Å². The molecule has 0 saturated heterocycles. The Morgan fingerprint density at radius 1 is 1.35 bits per heavy atom. The summed E-state index contributed by atoms with van der Waals surface area (Å²) in [4.78, 5) is 0. The lowest BCUT2D eigenvalue weighted by atomic mass is 10.2. The van der Waals surface area contributed by atoms with E-state index in [0.717, 1.165) is 0 Å². The third-order valence-electron chi connectivity index (χ3n) is 2.14. The quantitative estimate of drug-likeness (QED) is 0.705. The van der Waals surface area contributed by atoms with E-state index in [1.807, 2.05) is 0 Å². The molecular formula is C9H18F3NO3S. The van der Waals surface area contributed by atoms with Crippen molar-refractivity contribution in [2.24, 2.45) is 0 Å². The number of alkyl halides is 3. The van der Waals surface area contributed by atoms with Crippen molar-refractivity contribution in [1.82, 2.24) is 4.72 Å². The maximum atomic E-state index is 11.8. The number of halogens is 3. The van der Waals surface area contributed by atoms with Gasteiger partial charge in [-0.25, -0.2) is 13.1 Å². The van der Waals surface area contributed by atoms with Crippen molar-refractivity contribution in [3.8, 4) is 0 Å². The third kappa shape index (κ3) is 10.5. The highest BCUT2D eigenvalue weighted by Crippen LogP contribution is 2.21. The Morgan fingerprint density at radius 2 is 1.94 bits per heavy atom. The molecule has 0 aliphatic rings. The van der Waals surface area contributed by atoms with E-state index >= 15 is 0 Å². The van der Waals surface area contributed by atoms with Crippen molar-refractivity contribution < 1.29 is 26.7 Å². The van der Waals surface area contributed by atoms with E-state index in [9.17, 15) is 21.6 Å². The van der Waals surface area contributed by atoms with E-state index < -0.39 is 40.9 Å². The molecule has 0 aliphatic heterocycles. The fourth-order valence-electron chi connectivity index (χ4n) is 1.12. The Balaban J connectivity index is 3.81. The predicted octanol–water partition coefficient (Wildman–Crippen LogP) is 1.41. The van der Waals surface area contributed by atoms with Crippen molar-refractivity contribution in [2.45, 2.75) is 44.9 Å². The summed E-state index contributed by atoms with van der Waals surface area (Å²) >= 11 is 0. The normalized spacial score (nSPS) is 14.9. The van der Waals surface area contributed by atoms with Gasteiger partial charge in [-0.2, -0.15) is 13.2 Å². The Labute approximate surface area is 99.3 Å². The molecule has 2 N–H and O–H groups in total. The molecule has 1 unspecified atom stereocenters. The molecule has 104 valence electrons. The van der Waals surface area contributed by atoms with Gasteiger partial charge in [-0.1, -0.05) is 6.92 Å². The number of sulfonamides is 1. The standard InChI is InChI=1S/C9H18F3NO3S/c1-2-8(14)4-6-13-17(15,16)7-3-5-9(10,11)12/h8,13-14H,2-7H2,1H3. The van der Waals surface area contributed by atoms with Crippen LogP contribution in [0.3, 0.4) is 0 Å². The minimum absolute atomic E-state index is 0.0450. The lowest BCUT2D eigenvalue weighted by Gasteiger charge is -2.10. The zero-order valence-electron chi connectivity index (χ0n) is 9.63. The van der Waals surface area contributed by atoms with Crippen molar-refractivity contribution in [1.29, 1.82) is 0 Å². The van der Waals surface area contributed by atoms with Crippen LogP contribution in [-0.4, -0.2) is 38.1 Å². The van der Waals surface area contributed by atoms with Gasteiger partial charge in [-0.05, 0) is 19.3 Å². The lowest BCUT2D eigenvalue weighted by Crippen LogP contribution is -2.29. The number of aliphatic hydroxyl groups is 1. The van der Waals surface area contributed by atoms with Gasteiger partial charge in [0.15, 0.2) is 0 Å². The number of rotatable bonds is 8. The Hall–Kier alpha value is -0.340. The highest BCUT2D eigenvalue weighted by molar-refractivity contribution is 7.89. The molecule has 0 saturated carbocycles. The number of hydrogen-bond acceptors (Lipinski definition) is 3. The van der Waals surface area contributed by atoms with Crippen LogP contribution in [0.15, 0.2) is 0 Å². The zero-order valence-corrected chi connectivity index (χ0v) is 10.4. The molecule has 0 aromatic carbocycles. The molecule has 0 aromatic rings. The van der Waals surface area contributed by atoms with Crippen LogP contribution in [0.25, 0.3) is 0 Å². The minimum Gasteiger partial charge on any atom is -0.393 e. The molecule has 0 heterocycles. The Kier molecular flexibility index (Phi) is 7.03. The minimum atomic E-state index is -4.33. The van der Waals surface area contributed by atoms with Gasteiger partial charge in [-0.3, -0.25) is 0 Å². The fraction of sp³-hybridized carbons (Fsp3) is 1.00. The van der Waals surface area contributed by atoms with Gasteiger partial charge in [0, 0.05) is 13.0 Å². The number of nitrogens with one attached hydrogen (secondary N) is 1. The molecule has 17 heavy (non-hydrogen) atoms. The fourth-order valence-corrected chi connectivity index (χ4v) is 2.22. The third-order valence-corrected chi connectivity index (χ3v) is 3.61. The van der Waals surface area contributed by atoms with E-state index in [4.69, 9.17) is 5.11 Å². The van der Waals surface area contributed by atoms with Gasteiger partial charge in [0.1, 0.15) is 0 Å². The topological polar surface area (TPSA) is 66.4 Å². The molecule has 0 aliphatic carbocycles. The maximum absolute atomic E-state index is 11.8. The first-order valence-corrected chi connectivity index (χ1v) is 7.03. The van der Waals surface area contributed by atoms with Gasteiger partial charge in [0.25, 0.3) is 0 Å². The van der Waals surface area contributed by atoms with Crippen LogP contribution in [0.5, 0.6) is 0 Å². The average Bonchev–Trinajstić information content (AvgIpc) is 2.14. The van der Waals surface area contributed by atoms with Crippen LogP contribution < -0.4 is 4.72 Å². The molecule has 0 radical (unpaired) electrons. The summed E-state index contributed by atoms with van der Waals surface area (Å²) in [5.41, 5.74) is 0. The molecule has 8 heteroatoms. The second kappa shape index (κ2) is 7.17. The van der Waals surface area contributed by atoms with Gasteiger partial charge in [-0.15, -0.1) is 0 Å². The average molecular weight is 277 g/mol. The van der Waals surface area contributed by atoms with Crippen LogP contribution in [0.1, 0.15) is 32.6 Å². The van der Waals surface area contributed by atoms with E-state index in [-0.39, 0.29) is 13.0 Å². The highest BCUT2D eigenvalue weighted by Gasteiger charge is 2.27. The predicted molar refractivity (Wildman–Crippen MR) is 58.0 cm³/mol. The summed E-state index contributed by atoms with van der Waals surface area (Å²) in [6, 6.07) is 0. The molecular weight excluding hydrogens is 259 g/mol. The van der Waals surface area contributed by atoms with Gasteiger partial charge in [0.2, 0.25) is 10.0 Å². The number of hydrogen-bond donors (Lipinski definition) is 2. The zero-order chi connectivity index (χ0) is 13.5. The number of aliphatic hydroxyl groups excluding tert-OH is 1. The Morgan fingerprint density at radius 3 is 2.41 bits per heavy atom. The first-order valence-electron chi connectivity index (χ1n) is 5.38. The molecule has 0 aromatic heterocycles. The summed E-state index contributed by atoms with van der Waals surface area (Å²) in [7, 11) is -3.67. The first kappa shape index (κ1) is 16.7. The Bertz CT molecular complexity index is 303. The van der Waals surface area contributed by atoms with Crippen LogP contribution in [0.4, 0.5) is 13.2 Å². The molecule has 0 rings (SSSR count). The molecule has 0 fully saturated rings. The van der Waals surface area contributed by atoms with Crippen LogP contribution >= 0.6 is 0 Å². The smallest absolute Gasteiger partial charge is 0.389 e. The highest BCUT2D eigenvalue weighted by atomic mass is 32.2. The summed E-state index contributed by atoms with van der Waals surface area (Å²) in [6.07, 6.45) is -5.70. The van der Waals surface area contributed by atoms with Gasteiger partial charge >= 0.3 is 6.18 Å². The first-order chi connectivity index (χ1) is 7.66. The van der Waals surface area contributed by atoms with Crippen LogP contribution in [-0.2, 0) is 10.0 Å². The van der Waals surface area contributed by atoms with Crippen molar-refractivity contribution >= 4 is 10.0 Å². The van der Waals surface area contributed by atoms with Crippen molar-refractivity contribution in [3.63, 3.8) is 0 Å². The lowest BCUT2D eigenvalue weighted by molar-refractivity contribution is -0.134. The van der Waals surface area contributed by atoms with E-state index in [0.29, 0.717) is 6.42 Å². The van der Waals surface area contributed by atoms with Gasteiger partial charge < -0.3 is 5.11 Å². The summed E-state index contributed by atoms with van der Waals surface area (Å²) < 4.78 is 60.0. The molecule has 4 nitrogen and oxygen atoms in total. The van der Waals surface area contributed by atoms with E-state index in [1.165, 1.54) is 0 Å². The van der Waals surface area contributed by atoms with Crippen molar-refractivity contribution in [2.75, 3.05) is 12.3 Å². The second-order valence-electron chi connectivity index (χ2n) is 3.78. The maximum Gasteiger partial charge on any atom is 0.389 e. The van der Waals surface area contributed by atoms with E-state index in [1.54, 1.807) is 6.92 Å². The monoisotopic (exact) mass is 277 g/mol. The molecule has 0 spiro atoms.